The van der Waals surface area contributed by atoms with Gasteiger partial charge in [0.2, 0.25) is 0 Å². The molecule has 0 spiro atoms. The van der Waals surface area contributed by atoms with Crippen LogP contribution in [0.1, 0.15) is 69.7 Å². The molecule has 0 unspecified atom stereocenters. The summed E-state index contributed by atoms with van der Waals surface area (Å²) in [5, 5.41) is 0. The number of carbonyl (C=O) groups is 2. The zero-order chi connectivity index (χ0) is 15.9. The van der Waals surface area contributed by atoms with E-state index in [0.29, 0.717) is 6.42 Å². The standard InChI is InChI=1S/C7H15NO2.C7H14O2.2CH4/c1-7(2,3)10-6(9)8(4)5;1-5-6(8)9-7(2,3)4;;/h1-5H3;5H2,1-4H3;2*1H4. The third kappa shape index (κ3) is 24.2. The molecular weight excluding hydrogens is 270 g/mol. The van der Waals surface area contributed by atoms with Crippen molar-refractivity contribution < 1.29 is 19.1 Å². The zero-order valence-corrected chi connectivity index (χ0v) is 13.8. The maximum absolute atomic E-state index is 10.9. The van der Waals surface area contributed by atoms with E-state index in [2.05, 4.69) is 0 Å². The van der Waals surface area contributed by atoms with Crippen molar-refractivity contribution in [1.82, 2.24) is 4.90 Å². The highest BCUT2D eigenvalue weighted by molar-refractivity contribution is 5.69. The largest absolute Gasteiger partial charge is 0.460 e. The van der Waals surface area contributed by atoms with Crippen LogP contribution < -0.4 is 0 Å². The van der Waals surface area contributed by atoms with Crippen molar-refractivity contribution in [3.63, 3.8) is 0 Å². The molecule has 0 saturated carbocycles. The molecule has 0 aliphatic rings. The lowest BCUT2D eigenvalue weighted by atomic mass is 10.2. The lowest BCUT2D eigenvalue weighted by Gasteiger charge is -2.22. The molecule has 0 heterocycles. The van der Waals surface area contributed by atoms with Gasteiger partial charge >= 0.3 is 12.1 Å². The Bertz CT molecular complexity index is 286. The highest BCUT2D eigenvalue weighted by atomic mass is 16.6. The first-order valence-electron chi connectivity index (χ1n) is 6.40. The maximum Gasteiger partial charge on any atom is 0.409 e. The van der Waals surface area contributed by atoms with Gasteiger partial charge in [0.25, 0.3) is 0 Å². The molecule has 1 amide bonds. The van der Waals surface area contributed by atoms with E-state index in [4.69, 9.17) is 9.47 Å². The Morgan fingerprint density at radius 2 is 1.19 bits per heavy atom. The summed E-state index contributed by atoms with van der Waals surface area (Å²) in [5.74, 6) is -0.137. The van der Waals surface area contributed by atoms with Crippen molar-refractivity contribution in [3.05, 3.63) is 0 Å². The van der Waals surface area contributed by atoms with E-state index >= 15 is 0 Å². The topological polar surface area (TPSA) is 55.8 Å². The molecule has 0 aromatic carbocycles. The molecule has 130 valence electrons. The number of esters is 1. The van der Waals surface area contributed by atoms with Crippen molar-refractivity contribution in [3.8, 4) is 0 Å². The van der Waals surface area contributed by atoms with Crippen LogP contribution >= 0.6 is 0 Å². The van der Waals surface area contributed by atoms with Crippen LogP contribution in [0.4, 0.5) is 4.79 Å². The summed E-state index contributed by atoms with van der Waals surface area (Å²) in [6.07, 6.45) is 0.157. The minimum Gasteiger partial charge on any atom is -0.460 e. The molecule has 0 saturated heterocycles. The van der Waals surface area contributed by atoms with Crippen LogP contribution in [-0.4, -0.2) is 42.3 Å². The zero-order valence-electron chi connectivity index (χ0n) is 13.8. The number of nitrogens with zero attached hydrogens (tertiary/aromatic N) is 1. The van der Waals surface area contributed by atoms with Gasteiger partial charge in [0.1, 0.15) is 11.2 Å². The monoisotopic (exact) mass is 307 g/mol. The lowest BCUT2D eigenvalue weighted by molar-refractivity contribution is -0.154. The smallest absolute Gasteiger partial charge is 0.409 e. The van der Waals surface area contributed by atoms with Gasteiger partial charge in [-0.15, -0.1) is 0 Å². The molecule has 0 aromatic heterocycles. The Hall–Kier alpha value is -1.26. The SMILES string of the molecule is C.C.CCC(=O)OC(C)(C)C.CN(C)C(=O)OC(C)(C)C. The van der Waals surface area contributed by atoms with Crippen LogP contribution in [0.25, 0.3) is 0 Å². The van der Waals surface area contributed by atoms with Gasteiger partial charge in [0, 0.05) is 20.5 Å². The predicted octanol–water partition coefficient (Wildman–Crippen LogP) is 4.49. The summed E-state index contributed by atoms with van der Waals surface area (Å²) < 4.78 is 9.93. The van der Waals surface area contributed by atoms with E-state index in [1.807, 2.05) is 41.5 Å². The normalized spacial score (nSPS) is 9.95. The third-order valence-corrected chi connectivity index (χ3v) is 1.47. The fourth-order valence-electron chi connectivity index (χ4n) is 0.767. The van der Waals surface area contributed by atoms with Gasteiger partial charge in [-0.2, -0.15) is 0 Å². The second kappa shape index (κ2) is 11.4. The Kier molecular flexibility index (Phi) is 15.2. The molecule has 0 aromatic rings. The lowest BCUT2D eigenvalue weighted by Crippen LogP contribution is -2.31. The number of hydrogen-bond acceptors (Lipinski definition) is 4. The average molecular weight is 307 g/mol. The van der Waals surface area contributed by atoms with E-state index in [1.54, 1.807) is 21.0 Å². The van der Waals surface area contributed by atoms with Gasteiger partial charge in [-0.3, -0.25) is 4.79 Å². The predicted molar refractivity (Wildman–Crippen MR) is 89.5 cm³/mol. The van der Waals surface area contributed by atoms with E-state index < -0.39 is 0 Å². The number of amides is 1. The summed E-state index contributed by atoms with van der Waals surface area (Å²) in [4.78, 5) is 22.9. The van der Waals surface area contributed by atoms with Gasteiger partial charge in [-0.25, -0.2) is 4.79 Å². The Labute approximate surface area is 132 Å². The highest BCUT2D eigenvalue weighted by Gasteiger charge is 2.16. The summed E-state index contributed by atoms with van der Waals surface area (Å²) in [6.45, 7) is 12.9. The second-order valence-electron chi connectivity index (χ2n) is 6.31. The molecule has 0 rings (SSSR count). The minimum atomic E-state index is -0.388. The molecule has 21 heavy (non-hydrogen) atoms. The van der Waals surface area contributed by atoms with Crippen LogP contribution in [0.3, 0.4) is 0 Å². The van der Waals surface area contributed by atoms with E-state index in [0.717, 1.165) is 0 Å². The summed E-state index contributed by atoms with van der Waals surface area (Å²) in [6, 6.07) is 0. The average Bonchev–Trinajstić information content (AvgIpc) is 2.13. The molecule has 0 aliphatic carbocycles. The fraction of sp³-hybridized carbons (Fsp3) is 0.875. The van der Waals surface area contributed by atoms with E-state index in [1.165, 1.54) is 4.90 Å². The first kappa shape index (κ1) is 28.0. The molecule has 5 nitrogen and oxygen atoms in total. The van der Waals surface area contributed by atoms with Crippen LogP contribution in [-0.2, 0) is 14.3 Å². The maximum atomic E-state index is 10.9. The summed E-state index contributed by atoms with van der Waals surface area (Å²) >= 11 is 0. The highest BCUT2D eigenvalue weighted by Crippen LogP contribution is 2.08. The second-order valence-corrected chi connectivity index (χ2v) is 6.31. The minimum absolute atomic E-state index is 0. The van der Waals surface area contributed by atoms with Crippen molar-refractivity contribution in [2.45, 2.75) is 80.9 Å². The molecule has 0 atom stereocenters. The van der Waals surface area contributed by atoms with Crippen LogP contribution in [0.5, 0.6) is 0 Å². The quantitative estimate of drug-likeness (QED) is 0.670. The first-order chi connectivity index (χ1) is 8.28. The van der Waals surface area contributed by atoms with Gasteiger partial charge in [0.15, 0.2) is 0 Å². The van der Waals surface area contributed by atoms with Crippen LogP contribution in [0, 0.1) is 0 Å². The number of hydrogen-bond donors (Lipinski definition) is 0. The Morgan fingerprint density at radius 3 is 1.29 bits per heavy atom. The van der Waals surface area contributed by atoms with Gasteiger partial charge in [0.05, 0.1) is 0 Å². The van der Waals surface area contributed by atoms with Gasteiger partial charge in [-0.1, -0.05) is 21.8 Å². The molecule has 0 aliphatic heterocycles. The van der Waals surface area contributed by atoms with Crippen molar-refractivity contribution in [2.24, 2.45) is 0 Å². The van der Waals surface area contributed by atoms with Crippen molar-refractivity contribution in [2.75, 3.05) is 14.1 Å². The van der Waals surface area contributed by atoms with E-state index in [-0.39, 0.29) is 38.1 Å². The van der Waals surface area contributed by atoms with E-state index in [9.17, 15) is 9.59 Å². The summed E-state index contributed by atoms with van der Waals surface area (Å²) in [7, 11) is 3.32. The fourth-order valence-corrected chi connectivity index (χ4v) is 0.767. The number of ether oxygens (including phenoxy) is 2. The Morgan fingerprint density at radius 1 is 0.857 bits per heavy atom. The molecule has 5 heteroatoms. The third-order valence-electron chi connectivity index (χ3n) is 1.47. The molecule has 0 bridgehead atoms. The van der Waals surface area contributed by atoms with Crippen molar-refractivity contribution in [1.29, 1.82) is 0 Å². The van der Waals surface area contributed by atoms with Crippen LogP contribution in [0.15, 0.2) is 0 Å². The molecule has 0 fully saturated rings. The number of rotatable bonds is 1. The van der Waals surface area contributed by atoms with Crippen molar-refractivity contribution >= 4 is 12.1 Å². The van der Waals surface area contributed by atoms with Gasteiger partial charge < -0.3 is 14.4 Å². The molecule has 0 N–H and O–H groups in total. The summed E-state index contributed by atoms with van der Waals surface area (Å²) in [5.41, 5.74) is -0.714. The van der Waals surface area contributed by atoms with Gasteiger partial charge in [-0.05, 0) is 41.5 Å². The number of carbonyl (C=O) groups excluding carboxylic acids is 2. The molecule has 0 radical (unpaired) electrons. The first-order valence-corrected chi connectivity index (χ1v) is 6.40. The molecular formula is C16H37NO4. The Balaban J connectivity index is -0.000000126. The van der Waals surface area contributed by atoms with Crippen LogP contribution in [0.2, 0.25) is 0 Å².